The van der Waals surface area contributed by atoms with Crippen LogP contribution in [0.15, 0.2) is 54.6 Å². The molecule has 32 heavy (non-hydrogen) atoms. The maximum atomic E-state index is 13.3. The zero-order valence-corrected chi connectivity index (χ0v) is 16.5. The average molecular weight is 446 g/mol. The molecule has 1 aliphatic rings. The highest BCUT2D eigenvalue weighted by atomic mass is 19.4. The van der Waals surface area contributed by atoms with E-state index in [2.05, 4.69) is 10.4 Å². The van der Waals surface area contributed by atoms with E-state index in [-0.39, 0.29) is 0 Å². The highest BCUT2D eigenvalue weighted by molar-refractivity contribution is 5.91. The molecule has 0 aliphatic heterocycles. The molecular weight excluding hydrogens is 429 g/mol. The molecule has 1 amide bonds. The van der Waals surface area contributed by atoms with Crippen LogP contribution in [0, 0.1) is 10.1 Å². The van der Waals surface area contributed by atoms with Gasteiger partial charge in [0.25, 0.3) is 11.6 Å². The molecule has 1 saturated carbocycles. The summed E-state index contributed by atoms with van der Waals surface area (Å²) in [5.74, 6) is -0.683. The molecule has 3 aromatic rings. The second kappa shape index (κ2) is 8.33. The van der Waals surface area contributed by atoms with Gasteiger partial charge in [0, 0.05) is 24.1 Å². The third-order valence-corrected chi connectivity index (χ3v) is 4.83. The van der Waals surface area contributed by atoms with Crippen molar-refractivity contribution in [2.75, 3.05) is 11.9 Å². The summed E-state index contributed by atoms with van der Waals surface area (Å²) in [7, 11) is 0. The summed E-state index contributed by atoms with van der Waals surface area (Å²) < 4.78 is 46.4. The maximum absolute atomic E-state index is 13.3. The van der Waals surface area contributed by atoms with E-state index in [0.717, 1.165) is 30.7 Å². The zero-order valence-electron chi connectivity index (χ0n) is 16.5. The van der Waals surface area contributed by atoms with E-state index in [1.165, 1.54) is 0 Å². The first kappa shape index (κ1) is 21.3. The number of nitrogens with zero attached hydrogens (tertiary/aromatic N) is 3. The van der Waals surface area contributed by atoms with Crippen molar-refractivity contribution in [1.29, 1.82) is 0 Å². The number of hydrogen-bond donors (Lipinski definition) is 1. The predicted molar refractivity (Wildman–Crippen MR) is 108 cm³/mol. The lowest BCUT2D eigenvalue weighted by molar-refractivity contribution is -0.385. The van der Waals surface area contributed by atoms with Crippen molar-refractivity contribution in [3.05, 3.63) is 76.0 Å². The molecule has 0 spiro atoms. The van der Waals surface area contributed by atoms with E-state index in [9.17, 15) is 28.1 Å². The van der Waals surface area contributed by atoms with Crippen molar-refractivity contribution < 1.29 is 27.6 Å². The number of nitro groups is 1. The molecule has 1 fully saturated rings. The summed E-state index contributed by atoms with van der Waals surface area (Å²) in [6, 6.07) is 12.9. The first-order chi connectivity index (χ1) is 15.2. The van der Waals surface area contributed by atoms with Gasteiger partial charge in [-0.05, 0) is 31.0 Å². The molecule has 8 nitrogen and oxygen atoms in total. The molecule has 0 saturated heterocycles. The Morgan fingerprint density at radius 2 is 1.91 bits per heavy atom. The molecule has 1 N–H and O–H groups in total. The molecule has 166 valence electrons. The first-order valence-electron chi connectivity index (χ1n) is 9.66. The number of carbonyl (C=O) groups excluding carboxylic acids is 1. The van der Waals surface area contributed by atoms with E-state index in [4.69, 9.17) is 4.74 Å². The minimum absolute atomic E-state index is 0.321. The van der Waals surface area contributed by atoms with Gasteiger partial charge in [0.05, 0.1) is 16.3 Å². The highest BCUT2D eigenvalue weighted by Gasteiger charge is 2.36. The Balaban J connectivity index is 1.51. The number of amides is 1. The number of rotatable bonds is 7. The fourth-order valence-corrected chi connectivity index (χ4v) is 3.13. The van der Waals surface area contributed by atoms with Gasteiger partial charge < -0.3 is 10.1 Å². The normalized spacial score (nSPS) is 13.6. The van der Waals surface area contributed by atoms with E-state index in [0.29, 0.717) is 23.5 Å². The third kappa shape index (κ3) is 4.71. The topological polar surface area (TPSA) is 99.3 Å². The quantitative estimate of drug-likeness (QED) is 0.419. The van der Waals surface area contributed by atoms with E-state index >= 15 is 0 Å². The Kier molecular flexibility index (Phi) is 5.56. The summed E-state index contributed by atoms with van der Waals surface area (Å²) in [6.45, 7) is -0.723. The van der Waals surface area contributed by atoms with Crippen LogP contribution < -0.4 is 10.1 Å². The van der Waals surface area contributed by atoms with Gasteiger partial charge in [-0.1, -0.05) is 18.2 Å². The lowest BCUT2D eigenvalue weighted by atomic mass is 10.1. The third-order valence-electron chi connectivity index (χ3n) is 4.83. The van der Waals surface area contributed by atoms with Crippen molar-refractivity contribution in [3.8, 4) is 11.4 Å². The number of para-hydroxylation sites is 1. The molecule has 1 aliphatic carbocycles. The number of nitrogens with one attached hydrogen (secondary N) is 1. The van der Waals surface area contributed by atoms with Crippen molar-refractivity contribution in [2.24, 2.45) is 0 Å². The molecule has 0 atom stereocenters. The van der Waals surface area contributed by atoms with Crippen LogP contribution in [0.4, 0.5) is 24.7 Å². The lowest BCUT2D eigenvalue weighted by Gasteiger charge is -2.14. The number of anilines is 1. The second-order valence-corrected chi connectivity index (χ2v) is 7.25. The molecule has 4 rings (SSSR count). The molecule has 0 unspecified atom stereocenters. The van der Waals surface area contributed by atoms with Gasteiger partial charge in [-0.2, -0.15) is 18.3 Å². The summed E-state index contributed by atoms with van der Waals surface area (Å²) in [5.41, 5.74) is -0.525. The molecule has 0 bridgehead atoms. The monoisotopic (exact) mass is 446 g/mol. The SMILES string of the molecule is O=C(COc1ccc([N+](=O)[O-])cc1C(F)(F)F)Nc1cc(C2CC2)nn1-c1ccccc1. The fourth-order valence-electron chi connectivity index (χ4n) is 3.13. The molecule has 11 heteroatoms. The van der Waals surface area contributed by atoms with Crippen LogP contribution in [0.1, 0.15) is 30.0 Å². The Morgan fingerprint density at radius 1 is 1.19 bits per heavy atom. The summed E-state index contributed by atoms with van der Waals surface area (Å²) in [4.78, 5) is 22.3. The molecule has 1 heterocycles. The van der Waals surface area contributed by atoms with Gasteiger partial charge in [-0.25, -0.2) is 4.68 Å². The van der Waals surface area contributed by atoms with Gasteiger partial charge in [0.15, 0.2) is 6.61 Å². The molecule has 0 radical (unpaired) electrons. The smallest absolute Gasteiger partial charge is 0.420 e. The summed E-state index contributed by atoms with van der Waals surface area (Å²) in [6.07, 6.45) is -2.88. The number of alkyl halides is 3. The number of ether oxygens (including phenoxy) is 1. The lowest BCUT2D eigenvalue weighted by Crippen LogP contribution is -2.22. The number of nitro benzene ring substituents is 1. The van der Waals surface area contributed by atoms with E-state index in [1.54, 1.807) is 10.7 Å². The summed E-state index contributed by atoms with van der Waals surface area (Å²) in [5, 5.41) is 17.9. The molecule has 2 aromatic carbocycles. The van der Waals surface area contributed by atoms with Crippen LogP contribution in [-0.2, 0) is 11.0 Å². The molecular formula is C21H17F3N4O4. The van der Waals surface area contributed by atoms with Crippen molar-refractivity contribution in [2.45, 2.75) is 24.9 Å². The van der Waals surface area contributed by atoms with E-state index < -0.39 is 40.6 Å². The van der Waals surface area contributed by atoms with Gasteiger partial charge in [-0.3, -0.25) is 14.9 Å². The van der Waals surface area contributed by atoms with Gasteiger partial charge in [0.2, 0.25) is 0 Å². The Labute approximate surface area is 179 Å². The van der Waals surface area contributed by atoms with Gasteiger partial charge >= 0.3 is 6.18 Å². The van der Waals surface area contributed by atoms with Crippen LogP contribution in [0.2, 0.25) is 0 Å². The Morgan fingerprint density at radius 3 is 2.53 bits per heavy atom. The number of benzene rings is 2. The van der Waals surface area contributed by atoms with Crippen molar-refractivity contribution in [1.82, 2.24) is 9.78 Å². The fraction of sp³-hybridized carbons (Fsp3) is 0.238. The van der Waals surface area contributed by atoms with Crippen molar-refractivity contribution >= 4 is 17.4 Å². The average Bonchev–Trinajstić information content (AvgIpc) is 3.52. The standard InChI is InChI=1S/C21H17F3N4O4/c22-21(23,24)16-10-15(28(30)31)8-9-18(16)32-12-20(29)25-19-11-17(13-6-7-13)26-27(19)14-4-2-1-3-5-14/h1-5,8-11,13H,6-7,12H2,(H,25,29). The number of aromatic nitrogens is 2. The number of carbonyl (C=O) groups is 1. The van der Waals surface area contributed by atoms with Crippen LogP contribution >= 0.6 is 0 Å². The van der Waals surface area contributed by atoms with Gasteiger partial charge in [-0.15, -0.1) is 0 Å². The Bertz CT molecular complexity index is 1160. The van der Waals surface area contributed by atoms with Gasteiger partial charge in [0.1, 0.15) is 17.1 Å². The minimum Gasteiger partial charge on any atom is -0.483 e. The number of hydrogen-bond acceptors (Lipinski definition) is 5. The zero-order chi connectivity index (χ0) is 22.9. The van der Waals surface area contributed by atoms with Crippen LogP contribution in [0.25, 0.3) is 5.69 Å². The van der Waals surface area contributed by atoms with E-state index in [1.807, 2.05) is 30.3 Å². The van der Waals surface area contributed by atoms with Crippen molar-refractivity contribution in [3.63, 3.8) is 0 Å². The van der Waals surface area contributed by atoms with Crippen LogP contribution in [0.3, 0.4) is 0 Å². The maximum Gasteiger partial charge on any atom is 0.420 e. The second-order valence-electron chi connectivity index (χ2n) is 7.25. The van der Waals surface area contributed by atoms with Crippen LogP contribution in [-0.4, -0.2) is 27.2 Å². The molecule has 1 aromatic heterocycles. The largest absolute Gasteiger partial charge is 0.483 e. The number of non-ortho nitro benzene ring substituents is 1. The first-order valence-corrected chi connectivity index (χ1v) is 9.66. The Hall–Kier alpha value is -3.89. The predicted octanol–water partition coefficient (Wildman–Crippen LogP) is 4.69. The van der Waals surface area contributed by atoms with Crippen LogP contribution in [0.5, 0.6) is 5.75 Å². The minimum atomic E-state index is -4.89. The number of halogens is 3. The summed E-state index contributed by atoms with van der Waals surface area (Å²) >= 11 is 0. The highest BCUT2D eigenvalue weighted by Crippen LogP contribution is 2.41.